The van der Waals surface area contributed by atoms with Crippen molar-refractivity contribution in [1.29, 1.82) is 0 Å². The number of nitro groups is 1. The first-order chi connectivity index (χ1) is 8.50. The van der Waals surface area contributed by atoms with E-state index in [9.17, 15) is 15.2 Å². The molecule has 1 N–H and O–H groups in total. The van der Waals surface area contributed by atoms with Crippen LogP contribution >= 0.6 is 23.1 Å². The molecule has 100 valence electrons. The van der Waals surface area contributed by atoms with Crippen LogP contribution in [0, 0.1) is 10.1 Å². The lowest BCUT2D eigenvalue weighted by atomic mass is 10.2. The largest absolute Gasteiger partial charge is 0.388 e. The van der Waals surface area contributed by atoms with Gasteiger partial charge in [-0.2, -0.15) is 11.8 Å². The van der Waals surface area contributed by atoms with Gasteiger partial charge in [-0.3, -0.25) is 10.1 Å². The molecular formula is C11H16N2O3S2. The first kappa shape index (κ1) is 13.6. The van der Waals surface area contributed by atoms with Gasteiger partial charge in [0.1, 0.15) is 0 Å². The fourth-order valence-electron chi connectivity index (χ4n) is 1.97. The van der Waals surface area contributed by atoms with Gasteiger partial charge >= 0.3 is 5.69 Å². The second-order valence-corrected chi connectivity index (χ2v) is 6.61. The third-order valence-electron chi connectivity index (χ3n) is 3.09. The molecule has 1 fully saturated rings. The lowest BCUT2D eigenvalue weighted by Crippen LogP contribution is -2.30. The van der Waals surface area contributed by atoms with E-state index in [2.05, 4.69) is 0 Å². The van der Waals surface area contributed by atoms with Crippen molar-refractivity contribution < 1.29 is 10.0 Å². The highest BCUT2D eigenvalue weighted by Gasteiger charge is 2.29. The molecular weight excluding hydrogens is 272 g/mol. The van der Waals surface area contributed by atoms with Crippen molar-refractivity contribution in [3.05, 3.63) is 21.1 Å². The molecule has 2 unspecified atom stereocenters. The van der Waals surface area contributed by atoms with E-state index in [1.54, 1.807) is 6.92 Å². The molecule has 0 aromatic carbocycles. The number of hydrogen-bond acceptors (Lipinski definition) is 6. The molecule has 1 aliphatic heterocycles. The third kappa shape index (κ3) is 2.62. The number of aliphatic hydroxyl groups excluding tert-OH is 1. The molecule has 0 amide bonds. The predicted octanol–water partition coefficient (Wildman–Crippen LogP) is 2.65. The average molecular weight is 288 g/mol. The van der Waals surface area contributed by atoms with E-state index in [1.165, 1.54) is 17.4 Å². The van der Waals surface area contributed by atoms with Crippen LogP contribution in [0.15, 0.2) is 6.07 Å². The van der Waals surface area contributed by atoms with Crippen LogP contribution in [0.1, 0.15) is 24.3 Å². The first-order valence-electron chi connectivity index (χ1n) is 5.77. The Bertz CT molecular complexity index is 441. The van der Waals surface area contributed by atoms with Crippen LogP contribution in [0.2, 0.25) is 0 Å². The number of thioether (sulfide) groups is 1. The molecule has 18 heavy (non-hydrogen) atoms. The van der Waals surface area contributed by atoms with E-state index in [1.807, 2.05) is 23.7 Å². The van der Waals surface area contributed by atoms with Crippen molar-refractivity contribution in [2.75, 3.05) is 23.5 Å². The van der Waals surface area contributed by atoms with Gasteiger partial charge in [-0.05, 0) is 19.1 Å². The summed E-state index contributed by atoms with van der Waals surface area (Å²) in [5, 5.41) is 21.3. The van der Waals surface area contributed by atoms with Crippen molar-refractivity contribution in [2.45, 2.75) is 25.5 Å². The minimum Gasteiger partial charge on any atom is -0.388 e. The molecule has 0 bridgehead atoms. The van der Waals surface area contributed by atoms with Crippen LogP contribution < -0.4 is 4.90 Å². The van der Waals surface area contributed by atoms with E-state index in [0.29, 0.717) is 15.9 Å². The van der Waals surface area contributed by atoms with Crippen molar-refractivity contribution in [1.82, 2.24) is 0 Å². The minimum absolute atomic E-state index is 0.107. The summed E-state index contributed by atoms with van der Waals surface area (Å²) in [6.07, 6.45) is 0.397. The maximum absolute atomic E-state index is 11.1. The molecule has 1 saturated heterocycles. The molecule has 5 nitrogen and oxygen atoms in total. The van der Waals surface area contributed by atoms with Crippen molar-refractivity contribution >= 4 is 33.8 Å². The van der Waals surface area contributed by atoms with Gasteiger partial charge in [-0.25, -0.2) is 0 Å². The number of aliphatic hydroxyl groups is 1. The van der Waals surface area contributed by atoms with Gasteiger partial charge in [0.05, 0.1) is 11.0 Å². The lowest BCUT2D eigenvalue weighted by Gasteiger charge is -2.23. The van der Waals surface area contributed by atoms with Crippen LogP contribution in [0.4, 0.5) is 10.7 Å². The van der Waals surface area contributed by atoms with Crippen LogP contribution in [0.5, 0.6) is 0 Å². The summed E-state index contributed by atoms with van der Waals surface area (Å²) >= 11 is 3.19. The van der Waals surface area contributed by atoms with Crippen molar-refractivity contribution in [3.8, 4) is 0 Å². The Kier molecular flexibility index (Phi) is 4.14. The van der Waals surface area contributed by atoms with Gasteiger partial charge in [0.2, 0.25) is 0 Å². The lowest BCUT2D eigenvalue weighted by molar-refractivity contribution is -0.383. The van der Waals surface area contributed by atoms with Gasteiger partial charge < -0.3 is 10.0 Å². The standard InChI is InChI=1S/C11H16N2O3S2/c1-7(14)10-5-9(13(15)16)11(18-10)12(2)8-3-4-17-6-8/h5,7-8,14H,3-4,6H2,1-2H3. The molecule has 1 aromatic heterocycles. The van der Waals surface area contributed by atoms with Crippen molar-refractivity contribution in [2.24, 2.45) is 0 Å². The molecule has 1 aromatic rings. The molecule has 1 aliphatic rings. The fraction of sp³-hybridized carbons (Fsp3) is 0.636. The number of thiophene rings is 1. The van der Waals surface area contributed by atoms with E-state index in [-0.39, 0.29) is 10.6 Å². The van der Waals surface area contributed by atoms with Gasteiger partial charge in [-0.15, -0.1) is 11.3 Å². The number of nitrogens with zero attached hydrogens (tertiary/aromatic N) is 2. The smallest absolute Gasteiger partial charge is 0.304 e. The SMILES string of the molecule is CC(O)c1cc([N+](=O)[O-])c(N(C)C2CCSC2)s1. The highest BCUT2D eigenvalue weighted by atomic mass is 32.2. The summed E-state index contributed by atoms with van der Waals surface area (Å²) in [5.41, 5.74) is 0.107. The zero-order valence-electron chi connectivity index (χ0n) is 10.3. The van der Waals surface area contributed by atoms with Gasteiger partial charge in [-0.1, -0.05) is 0 Å². The molecule has 2 atom stereocenters. The number of anilines is 1. The zero-order valence-corrected chi connectivity index (χ0v) is 12.0. The summed E-state index contributed by atoms with van der Waals surface area (Å²) in [6.45, 7) is 1.63. The van der Waals surface area contributed by atoms with E-state index < -0.39 is 6.10 Å². The summed E-state index contributed by atoms with van der Waals surface area (Å²) < 4.78 is 0. The van der Waals surface area contributed by atoms with Crippen LogP contribution in [0.25, 0.3) is 0 Å². The molecule has 2 heterocycles. The predicted molar refractivity (Wildman–Crippen MR) is 75.7 cm³/mol. The second-order valence-electron chi connectivity index (χ2n) is 4.40. The maximum atomic E-state index is 11.1. The Hall–Kier alpha value is -0.790. The zero-order chi connectivity index (χ0) is 13.3. The molecule has 0 spiro atoms. The normalized spacial score (nSPS) is 20.9. The van der Waals surface area contributed by atoms with Gasteiger partial charge in [0, 0.05) is 29.8 Å². The van der Waals surface area contributed by atoms with E-state index >= 15 is 0 Å². The quantitative estimate of drug-likeness (QED) is 0.681. The summed E-state index contributed by atoms with van der Waals surface area (Å²) in [6, 6.07) is 1.85. The van der Waals surface area contributed by atoms with Gasteiger partial charge in [0.15, 0.2) is 5.00 Å². The van der Waals surface area contributed by atoms with Crippen LogP contribution in [0.3, 0.4) is 0 Å². The summed E-state index contributed by atoms with van der Waals surface area (Å²) in [5.74, 6) is 2.12. The monoisotopic (exact) mass is 288 g/mol. The van der Waals surface area contributed by atoms with Crippen molar-refractivity contribution in [3.63, 3.8) is 0 Å². The molecule has 2 rings (SSSR count). The molecule has 0 saturated carbocycles. The third-order valence-corrected chi connectivity index (χ3v) is 5.62. The molecule has 7 heteroatoms. The Morgan fingerprint density at radius 1 is 1.67 bits per heavy atom. The maximum Gasteiger partial charge on any atom is 0.304 e. The average Bonchev–Trinajstić information content (AvgIpc) is 2.97. The Morgan fingerprint density at radius 2 is 2.39 bits per heavy atom. The summed E-state index contributed by atoms with van der Waals surface area (Å²) in [4.78, 5) is 13.4. The molecule has 0 radical (unpaired) electrons. The Morgan fingerprint density at radius 3 is 2.89 bits per heavy atom. The summed E-state index contributed by atoms with van der Waals surface area (Å²) in [7, 11) is 1.90. The number of hydrogen-bond donors (Lipinski definition) is 1. The van der Waals surface area contributed by atoms with E-state index in [4.69, 9.17) is 0 Å². The Balaban J connectivity index is 2.32. The highest BCUT2D eigenvalue weighted by molar-refractivity contribution is 7.99. The van der Waals surface area contributed by atoms with Gasteiger partial charge in [0.25, 0.3) is 0 Å². The first-order valence-corrected chi connectivity index (χ1v) is 7.74. The van der Waals surface area contributed by atoms with Crippen LogP contribution in [-0.2, 0) is 0 Å². The fourth-order valence-corrected chi connectivity index (χ4v) is 4.34. The van der Waals surface area contributed by atoms with Crippen LogP contribution in [-0.4, -0.2) is 34.6 Å². The topological polar surface area (TPSA) is 66.6 Å². The molecule has 0 aliphatic carbocycles. The highest BCUT2D eigenvalue weighted by Crippen LogP contribution is 2.41. The Labute approximate surface area is 114 Å². The minimum atomic E-state index is -0.659. The number of rotatable bonds is 4. The van der Waals surface area contributed by atoms with E-state index in [0.717, 1.165) is 17.9 Å². The second kappa shape index (κ2) is 5.46.